The first-order valence-corrected chi connectivity index (χ1v) is 7.58. The van der Waals surface area contributed by atoms with E-state index < -0.39 is 0 Å². The molecule has 1 heterocycles. The fourth-order valence-electron chi connectivity index (χ4n) is 2.36. The molecule has 5 nitrogen and oxygen atoms in total. The predicted octanol–water partition coefficient (Wildman–Crippen LogP) is 3.22. The summed E-state index contributed by atoms with van der Waals surface area (Å²) in [6.45, 7) is 5.19. The van der Waals surface area contributed by atoms with Gasteiger partial charge in [-0.2, -0.15) is 0 Å². The summed E-state index contributed by atoms with van der Waals surface area (Å²) in [6, 6.07) is 14.0. The lowest BCUT2D eigenvalue weighted by molar-refractivity contribution is 0.290. The van der Waals surface area contributed by atoms with Gasteiger partial charge in [-0.1, -0.05) is 35.0 Å². The Bertz CT molecular complexity index is 793. The number of aryl methyl sites for hydroxylation is 2. The summed E-state index contributed by atoms with van der Waals surface area (Å²) < 4.78 is 7.64. The van der Waals surface area contributed by atoms with Crippen molar-refractivity contribution in [2.45, 2.75) is 20.4 Å². The van der Waals surface area contributed by atoms with Crippen LogP contribution in [0.2, 0.25) is 0 Å². The van der Waals surface area contributed by atoms with E-state index in [1.54, 1.807) is 6.20 Å². The second-order valence-electron chi connectivity index (χ2n) is 5.58. The van der Waals surface area contributed by atoms with Crippen molar-refractivity contribution in [3.8, 4) is 17.0 Å². The highest BCUT2D eigenvalue weighted by Crippen LogP contribution is 2.20. The van der Waals surface area contributed by atoms with Crippen LogP contribution in [0, 0.1) is 13.8 Å². The van der Waals surface area contributed by atoms with Gasteiger partial charge < -0.3 is 10.5 Å². The Morgan fingerprint density at radius 3 is 2.61 bits per heavy atom. The van der Waals surface area contributed by atoms with Crippen LogP contribution < -0.4 is 10.5 Å². The average molecular weight is 308 g/mol. The van der Waals surface area contributed by atoms with E-state index in [9.17, 15) is 0 Å². The van der Waals surface area contributed by atoms with Gasteiger partial charge in [0.1, 0.15) is 12.4 Å². The number of ether oxygens (including phenoxy) is 1. The fraction of sp³-hybridized carbons (Fsp3) is 0.222. The number of anilines is 1. The van der Waals surface area contributed by atoms with Gasteiger partial charge in [-0.3, -0.25) is 0 Å². The SMILES string of the molecule is Cc1ccc(-c2cnnn2CCOc2ccc(N)c(C)c2)cc1. The molecule has 5 heteroatoms. The number of rotatable bonds is 5. The quantitative estimate of drug-likeness (QED) is 0.735. The molecule has 2 aromatic carbocycles. The van der Waals surface area contributed by atoms with Crippen molar-refractivity contribution in [2.24, 2.45) is 0 Å². The van der Waals surface area contributed by atoms with E-state index >= 15 is 0 Å². The molecule has 0 aliphatic carbocycles. The molecule has 0 fully saturated rings. The van der Waals surface area contributed by atoms with Crippen LogP contribution in [-0.4, -0.2) is 21.6 Å². The Morgan fingerprint density at radius 1 is 1.09 bits per heavy atom. The lowest BCUT2D eigenvalue weighted by Crippen LogP contribution is -2.11. The van der Waals surface area contributed by atoms with E-state index in [1.165, 1.54) is 5.56 Å². The van der Waals surface area contributed by atoms with E-state index in [4.69, 9.17) is 10.5 Å². The maximum Gasteiger partial charge on any atom is 0.119 e. The van der Waals surface area contributed by atoms with Gasteiger partial charge in [0, 0.05) is 11.3 Å². The molecule has 0 saturated carbocycles. The van der Waals surface area contributed by atoms with Crippen molar-refractivity contribution >= 4 is 5.69 Å². The summed E-state index contributed by atoms with van der Waals surface area (Å²) in [6.07, 6.45) is 1.78. The Balaban J connectivity index is 1.66. The monoisotopic (exact) mass is 308 g/mol. The van der Waals surface area contributed by atoms with Gasteiger partial charge in [-0.25, -0.2) is 4.68 Å². The summed E-state index contributed by atoms with van der Waals surface area (Å²) in [5.74, 6) is 0.814. The average Bonchev–Trinajstić information content (AvgIpc) is 3.00. The van der Waals surface area contributed by atoms with Crippen molar-refractivity contribution in [2.75, 3.05) is 12.3 Å². The molecule has 3 rings (SSSR count). The van der Waals surface area contributed by atoms with Gasteiger partial charge >= 0.3 is 0 Å². The molecule has 0 amide bonds. The highest BCUT2D eigenvalue weighted by molar-refractivity contribution is 5.58. The Kier molecular flexibility index (Phi) is 4.28. The van der Waals surface area contributed by atoms with Gasteiger partial charge in [0.05, 0.1) is 18.4 Å². The van der Waals surface area contributed by atoms with Crippen molar-refractivity contribution in [1.29, 1.82) is 0 Å². The fourth-order valence-corrected chi connectivity index (χ4v) is 2.36. The van der Waals surface area contributed by atoms with Crippen molar-refractivity contribution in [1.82, 2.24) is 15.0 Å². The molecule has 0 atom stereocenters. The zero-order valence-corrected chi connectivity index (χ0v) is 13.4. The molecule has 1 aromatic heterocycles. The second-order valence-corrected chi connectivity index (χ2v) is 5.58. The van der Waals surface area contributed by atoms with Gasteiger partial charge in [0.15, 0.2) is 0 Å². The molecule has 0 radical (unpaired) electrons. The Morgan fingerprint density at radius 2 is 1.87 bits per heavy atom. The number of hydrogen-bond donors (Lipinski definition) is 1. The topological polar surface area (TPSA) is 66.0 Å². The van der Waals surface area contributed by atoms with Crippen LogP contribution in [0.15, 0.2) is 48.7 Å². The minimum atomic E-state index is 0.519. The van der Waals surface area contributed by atoms with Crippen molar-refractivity contribution in [3.05, 3.63) is 59.8 Å². The van der Waals surface area contributed by atoms with E-state index in [1.807, 2.05) is 29.8 Å². The standard InChI is InChI=1S/C18H20N4O/c1-13-3-5-15(6-4-13)18-12-20-21-22(18)9-10-23-16-7-8-17(19)14(2)11-16/h3-8,11-12H,9-10,19H2,1-2H3. The van der Waals surface area contributed by atoms with Crippen LogP contribution in [0.5, 0.6) is 5.75 Å². The summed E-state index contributed by atoms with van der Waals surface area (Å²) in [5.41, 5.74) is 10.9. The molecule has 118 valence electrons. The minimum Gasteiger partial charge on any atom is -0.492 e. The first-order valence-electron chi connectivity index (χ1n) is 7.58. The van der Waals surface area contributed by atoms with Crippen molar-refractivity contribution < 1.29 is 4.74 Å². The summed E-state index contributed by atoms with van der Waals surface area (Å²) >= 11 is 0. The van der Waals surface area contributed by atoms with E-state index in [0.717, 1.165) is 28.3 Å². The molecular formula is C18H20N4O. The minimum absolute atomic E-state index is 0.519. The first kappa shape index (κ1) is 15.1. The number of nitrogens with two attached hydrogens (primary N) is 1. The molecule has 23 heavy (non-hydrogen) atoms. The molecular weight excluding hydrogens is 288 g/mol. The molecule has 0 aliphatic rings. The maximum absolute atomic E-state index is 5.81. The van der Waals surface area contributed by atoms with Crippen molar-refractivity contribution in [3.63, 3.8) is 0 Å². The van der Waals surface area contributed by atoms with Gasteiger partial charge in [-0.05, 0) is 37.6 Å². The highest BCUT2D eigenvalue weighted by Gasteiger charge is 2.07. The summed E-state index contributed by atoms with van der Waals surface area (Å²) in [4.78, 5) is 0. The third-order valence-electron chi connectivity index (χ3n) is 3.78. The van der Waals surface area contributed by atoms with E-state index in [-0.39, 0.29) is 0 Å². The van der Waals surface area contributed by atoms with Crippen LogP contribution in [0.25, 0.3) is 11.3 Å². The Hall–Kier alpha value is -2.82. The number of aromatic nitrogens is 3. The molecule has 2 N–H and O–H groups in total. The van der Waals surface area contributed by atoms with Gasteiger partial charge in [0.2, 0.25) is 0 Å². The molecule has 0 unspecified atom stereocenters. The number of nitrogens with zero attached hydrogens (tertiary/aromatic N) is 3. The molecule has 0 spiro atoms. The van der Waals surface area contributed by atoms with E-state index in [2.05, 4.69) is 41.5 Å². The van der Waals surface area contributed by atoms with Crippen LogP contribution in [-0.2, 0) is 6.54 Å². The molecule has 3 aromatic rings. The van der Waals surface area contributed by atoms with Gasteiger partial charge in [-0.15, -0.1) is 5.10 Å². The molecule has 0 aliphatic heterocycles. The predicted molar refractivity (Wildman–Crippen MR) is 91.3 cm³/mol. The summed E-state index contributed by atoms with van der Waals surface area (Å²) in [7, 11) is 0. The van der Waals surface area contributed by atoms with Gasteiger partial charge in [0.25, 0.3) is 0 Å². The second kappa shape index (κ2) is 6.52. The van der Waals surface area contributed by atoms with Crippen LogP contribution >= 0.6 is 0 Å². The van der Waals surface area contributed by atoms with Crippen LogP contribution in [0.4, 0.5) is 5.69 Å². The third-order valence-corrected chi connectivity index (χ3v) is 3.78. The van der Waals surface area contributed by atoms with Crippen LogP contribution in [0.3, 0.4) is 0 Å². The molecule has 0 bridgehead atoms. The summed E-state index contributed by atoms with van der Waals surface area (Å²) in [5, 5.41) is 8.16. The lowest BCUT2D eigenvalue weighted by atomic mass is 10.1. The van der Waals surface area contributed by atoms with Crippen LogP contribution in [0.1, 0.15) is 11.1 Å². The Labute approximate surface area is 135 Å². The largest absolute Gasteiger partial charge is 0.492 e. The normalized spacial score (nSPS) is 10.7. The third kappa shape index (κ3) is 3.51. The smallest absolute Gasteiger partial charge is 0.119 e. The zero-order chi connectivity index (χ0) is 16.2. The maximum atomic E-state index is 5.81. The first-order chi connectivity index (χ1) is 11.1. The number of hydrogen-bond acceptors (Lipinski definition) is 4. The highest BCUT2D eigenvalue weighted by atomic mass is 16.5. The zero-order valence-electron chi connectivity index (χ0n) is 13.4. The van der Waals surface area contributed by atoms with E-state index in [0.29, 0.717) is 13.2 Å². The molecule has 0 saturated heterocycles. The lowest BCUT2D eigenvalue weighted by Gasteiger charge is -2.10. The number of benzene rings is 2. The number of nitrogen functional groups attached to an aromatic ring is 1.